The van der Waals surface area contributed by atoms with E-state index >= 15 is 0 Å². The fourth-order valence-electron chi connectivity index (χ4n) is 5.79. The van der Waals surface area contributed by atoms with E-state index in [1.807, 2.05) is 42.5 Å². The van der Waals surface area contributed by atoms with Crippen LogP contribution in [0.2, 0.25) is 0 Å². The summed E-state index contributed by atoms with van der Waals surface area (Å²) in [7, 11) is 3.16. The number of hydrogen-bond acceptors (Lipinski definition) is 7. The molecule has 0 bridgehead atoms. The van der Waals surface area contributed by atoms with Crippen molar-refractivity contribution in [2.45, 2.75) is 18.4 Å². The number of rotatable bonds is 5. The number of fused-ring (bicyclic) bond motifs is 6. The summed E-state index contributed by atoms with van der Waals surface area (Å²) >= 11 is 0. The molecule has 0 spiro atoms. The first-order valence-electron chi connectivity index (χ1n) is 12.7. The Bertz CT molecular complexity index is 1720. The molecular weight excluding hydrogens is 496 g/mol. The number of phenolic OH excluding ortho intramolecular Hbond substituents is 2. The van der Waals surface area contributed by atoms with Crippen LogP contribution in [-0.4, -0.2) is 31.0 Å². The first-order chi connectivity index (χ1) is 19.0. The summed E-state index contributed by atoms with van der Waals surface area (Å²) in [5.41, 5.74) is 5.44. The minimum Gasteiger partial charge on any atom is -0.508 e. The summed E-state index contributed by atoms with van der Waals surface area (Å²) in [4.78, 5) is 0. The Kier molecular flexibility index (Phi) is 5.33. The minimum absolute atomic E-state index is 0.00664. The van der Waals surface area contributed by atoms with Gasteiger partial charge >= 0.3 is 0 Å². The third kappa shape index (κ3) is 3.73. The van der Waals surface area contributed by atoms with Gasteiger partial charge in [0.25, 0.3) is 0 Å². The van der Waals surface area contributed by atoms with E-state index in [4.69, 9.17) is 23.4 Å². The van der Waals surface area contributed by atoms with Crippen LogP contribution in [0.1, 0.15) is 34.5 Å². The van der Waals surface area contributed by atoms with Gasteiger partial charge in [-0.2, -0.15) is 0 Å². The van der Waals surface area contributed by atoms with Crippen molar-refractivity contribution in [2.75, 3.05) is 20.8 Å². The van der Waals surface area contributed by atoms with Crippen LogP contribution < -0.4 is 18.9 Å². The molecule has 196 valence electrons. The zero-order valence-electron chi connectivity index (χ0n) is 21.4. The Labute approximate surface area is 224 Å². The highest BCUT2D eigenvalue weighted by Crippen LogP contribution is 2.53. The summed E-state index contributed by atoms with van der Waals surface area (Å²) in [5.74, 6) is 3.43. The van der Waals surface area contributed by atoms with E-state index in [1.54, 1.807) is 31.4 Å². The predicted octanol–water partition coefficient (Wildman–Crippen LogP) is 6.73. The zero-order valence-corrected chi connectivity index (χ0v) is 21.4. The maximum atomic E-state index is 10.5. The van der Waals surface area contributed by atoms with Gasteiger partial charge < -0.3 is 33.6 Å². The monoisotopic (exact) mass is 522 g/mol. The molecule has 0 saturated heterocycles. The minimum atomic E-state index is -0.203. The summed E-state index contributed by atoms with van der Waals surface area (Å²) < 4.78 is 30.0. The fraction of sp³-hybridized carbons (Fsp3) is 0.188. The Morgan fingerprint density at radius 2 is 1.67 bits per heavy atom. The quantitative estimate of drug-likeness (QED) is 0.265. The Morgan fingerprint density at radius 1 is 0.846 bits per heavy atom. The zero-order chi connectivity index (χ0) is 26.7. The lowest BCUT2D eigenvalue weighted by Crippen LogP contribution is -2.23. The molecule has 2 aliphatic heterocycles. The van der Waals surface area contributed by atoms with E-state index in [2.05, 4.69) is 6.07 Å². The topological polar surface area (TPSA) is 90.5 Å². The predicted molar refractivity (Wildman–Crippen MR) is 145 cm³/mol. The second-order valence-electron chi connectivity index (χ2n) is 9.84. The summed E-state index contributed by atoms with van der Waals surface area (Å²) in [6.45, 7) is 0.443. The number of hydrogen-bond donors (Lipinski definition) is 2. The van der Waals surface area contributed by atoms with Gasteiger partial charge in [-0.3, -0.25) is 0 Å². The fourth-order valence-corrected chi connectivity index (χ4v) is 5.79. The van der Waals surface area contributed by atoms with E-state index in [9.17, 15) is 10.2 Å². The third-order valence-electron chi connectivity index (χ3n) is 7.63. The van der Waals surface area contributed by atoms with Gasteiger partial charge in [-0.05, 0) is 29.8 Å². The molecule has 0 fully saturated rings. The molecule has 5 aromatic rings. The van der Waals surface area contributed by atoms with Crippen molar-refractivity contribution in [1.29, 1.82) is 0 Å². The molecule has 7 heteroatoms. The van der Waals surface area contributed by atoms with Gasteiger partial charge in [0, 0.05) is 52.3 Å². The highest BCUT2D eigenvalue weighted by atomic mass is 16.5. The van der Waals surface area contributed by atoms with Crippen molar-refractivity contribution in [3.8, 4) is 45.6 Å². The van der Waals surface area contributed by atoms with Crippen LogP contribution in [-0.2, 0) is 6.42 Å². The molecule has 0 saturated carbocycles. The second kappa shape index (κ2) is 8.91. The van der Waals surface area contributed by atoms with Crippen molar-refractivity contribution >= 4 is 11.0 Å². The first-order valence-corrected chi connectivity index (χ1v) is 12.7. The van der Waals surface area contributed by atoms with Crippen molar-refractivity contribution in [3.05, 3.63) is 95.2 Å². The molecular formula is C32H26O7. The van der Waals surface area contributed by atoms with Gasteiger partial charge in [0.15, 0.2) is 11.5 Å². The number of aromatic hydroxyl groups is 2. The van der Waals surface area contributed by atoms with Crippen molar-refractivity contribution in [1.82, 2.24) is 0 Å². The molecule has 0 radical (unpaired) electrons. The van der Waals surface area contributed by atoms with Crippen LogP contribution in [0.15, 0.2) is 77.2 Å². The smallest absolute Gasteiger partial charge is 0.164 e. The van der Waals surface area contributed by atoms with Gasteiger partial charge in [0.05, 0.1) is 26.7 Å². The van der Waals surface area contributed by atoms with Crippen LogP contribution in [0.25, 0.3) is 22.1 Å². The molecule has 4 aromatic carbocycles. The lowest BCUT2D eigenvalue weighted by molar-refractivity contribution is 0.139. The van der Waals surface area contributed by atoms with Crippen LogP contribution >= 0.6 is 0 Å². The highest BCUT2D eigenvalue weighted by molar-refractivity contribution is 5.97. The third-order valence-corrected chi connectivity index (χ3v) is 7.63. The Morgan fingerprint density at radius 3 is 2.46 bits per heavy atom. The molecule has 3 heterocycles. The largest absolute Gasteiger partial charge is 0.508 e. The van der Waals surface area contributed by atoms with Crippen LogP contribution in [0.4, 0.5) is 0 Å². The average molecular weight is 523 g/mol. The number of benzene rings is 4. The Hall–Kier alpha value is -4.78. The van der Waals surface area contributed by atoms with Gasteiger partial charge in [0.1, 0.15) is 40.4 Å². The van der Waals surface area contributed by atoms with E-state index in [0.29, 0.717) is 35.9 Å². The van der Waals surface area contributed by atoms with Crippen LogP contribution in [0.5, 0.6) is 34.5 Å². The summed E-state index contributed by atoms with van der Waals surface area (Å²) in [5, 5.41) is 21.2. The first kappa shape index (κ1) is 23.3. The number of phenols is 2. The molecule has 0 unspecified atom stereocenters. The summed E-state index contributed by atoms with van der Waals surface area (Å²) in [6, 6.07) is 22.6. The highest BCUT2D eigenvalue weighted by Gasteiger charge is 2.41. The number of ether oxygens (including phenoxy) is 4. The molecule has 0 aliphatic carbocycles. The van der Waals surface area contributed by atoms with E-state index in [0.717, 1.165) is 44.7 Å². The average Bonchev–Trinajstić information content (AvgIpc) is 3.49. The maximum Gasteiger partial charge on any atom is 0.164 e. The molecule has 1 aromatic heterocycles. The van der Waals surface area contributed by atoms with E-state index in [-0.39, 0.29) is 23.5 Å². The van der Waals surface area contributed by atoms with Gasteiger partial charge in [-0.25, -0.2) is 0 Å². The van der Waals surface area contributed by atoms with E-state index in [1.165, 1.54) is 7.11 Å². The van der Waals surface area contributed by atoms with Gasteiger partial charge in [-0.15, -0.1) is 0 Å². The van der Waals surface area contributed by atoms with Gasteiger partial charge in [-0.1, -0.05) is 30.3 Å². The SMILES string of the molecule is COc1cc2oc(Cc3cc4c(cc3OC)O[C@H]3c5ccc(O)cc5OC[C@@H]43)c(-c3ccccc3)c2cc1O. The number of methoxy groups -OCH3 is 2. The van der Waals surface area contributed by atoms with Crippen LogP contribution in [0.3, 0.4) is 0 Å². The maximum absolute atomic E-state index is 10.5. The standard InChI is InChI=1S/C32H26O7/c1-35-25-14-27-21(23-16-37-26-12-19(33)8-9-20(26)32(23)39-27)10-18(25)11-30-31(17-6-4-3-5-7-17)22-13-24(34)29(36-2)15-28(22)38-30/h3-10,12-15,23,32-34H,11,16H2,1-2H3/t23-,32-/m0/s1. The normalized spacial score (nSPS) is 17.1. The molecule has 0 amide bonds. The molecule has 39 heavy (non-hydrogen) atoms. The molecule has 2 aliphatic rings. The molecule has 2 N–H and O–H groups in total. The van der Waals surface area contributed by atoms with Crippen molar-refractivity contribution in [3.63, 3.8) is 0 Å². The Balaban J connectivity index is 1.33. The lowest BCUT2D eigenvalue weighted by atomic mass is 9.88. The van der Waals surface area contributed by atoms with Gasteiger partial charge in [0.2, 0.25) is 0 Å². The molecule has 7 nitrogen and oxygen atoms in total. The second-order valence-corrected chi connectivity index (χ2v) is 9.84. The van der Waals surface area contributed by atoms with E-state index < -0.39 is 0 Å². The summed E-state index contributed by atoms with van der Waals surface area (Å²) in [6.07, 6.45) is 0.257. The lowest BCUT2D eigenvalue weighted by Gasteiger charge is -2.27. The van der Waals surface area contributed by atoms with Crippen molar-refractivity contribution in [2.24, 2.45) is 0 Å². The molecule has 7 rings (SSSR count). The number of furan rings is 1. The van der Waals surface area contributed by atoms with Crippen LogP contribution in [0, 0.1) is 0 Å². The van der Waals surface area contributed by atoms with Crippen molar-refractivity contribution < 1.29 is 33.6 Å². The molecule has 2 atom stereocenters.